The normalized spacial score (nSPS) is 10.5. The first kappa shape index (κ1) is 16.1. The predicted octanol–water partition coefficient (Wildman–Crippen LogP) is 3.83. The molecule has 114 valence electrons. The summed E-state index contributed by atoms with van der Waals surface area (Å²) in [5.41, 5.74) is 1.95. The fourth-order valence-electron chi connectivity index (χ4n) is 1.88. The Kier molecular flexibility index (Phi) is 4.84. The van der Waals surface area contributed by atoms with Gasteiger partial charge in [0.25, 0.3) is 0 Å². The number of carbonyl (C=O) groups is 1. The fourth-order valence-corrected chi connectivity index (χ4v) is 2.78. The number of aromatic carboxylic acids is 1. The van der Waals surface area contributed by atoms with Gasteiger partial charge in [-0.25, -0.2) is 9.78 Å². The maximum absolute atomic E-state index is 11.1. The number of rotatable bonds is 5. The van der Waals surface area contributed by atoms with Crippen LogP contribution in [0.4, 0.5) is 0 Å². The number of hydrogen-bond acceptors (Lipinski definition) is 4. The Bertz CT molecular complexity index is 741. The Hall–Kier alpha value is -2.32. The summed E-state index contributed by atoms with van der Waals surface area (Å²) in [7, 11) is 0. The number of aromatic nitrogens is 1. The molecule has 4 nitrogen and oxygen atoms in total. The zero-order valence-electron chi connectivity index (χ0n) is 12.7. The third-order valence-electron chi connectivity index (χ3n) is 2.95. The van der Waals surface area contributed by atoms with Crippen LogP contribution in [-0.4, -0.2) is 22.7 Å². The molecule has 0 aliphatic heterocycles. The van der Waals surface area contributed by atoms with E-state index in [9.17, 15) is 4.79 Å². The monoisotopic (exact) mass is 315 g/mol. The molecule has 0 saturated carbocycles. The van der Waals surface area contributed by atoms with Crippen molar-refractivity contribution in [3.05, 3.63) is 34.3 Å². The maximum Gasteiger partial charge on any atom is 0.347 e. The van der Waals surface area contributed by atoms with E-state index in [0.29, 0.717) is 34.5 Å². The molecular weight excluding hydrogens is 298 g/mol. The average Bonchev–Trinajstić information content (AvgIpc) is 2.87. The van der Waals surface area contributed by atoms with Crippen LogP contribution in [-0.2, 0) is 0 Å². The van der Waals surface area contributed by atoms with Gasteiger partial charge in [0.15, 0.2) is 0 Å². The number of nitrogens with zero attached hydrogens (tertiary/aromatic N) is 1. The molecule has 0 bridgehead atoms. The summed E-state index contributed by atoms with van der Waals surface area (Å²) in [4.78, 5) is 15.7. The maximum atomic E-state index is 11.1. The van der Waals surface area contributed by atoms with Gasteiger partial charge in [0.2, 0.25) is 0 Å². The molecule has 0 spiro atoms. The standard InChI is InChI=1S/C17H17NO3S/c1-5-12-8-13(6-7-14(12)21-9-10(2)3)16-18-11(4)15(22-16)17(19)20/h1,6-8,10H,9H2,2-4H3,(H,19,20). The second-order valence-electron chi connectivity index (χ2n) is 5.30. The van der Waals surface area contributed by atoms with Gasteiger partial charge in [-0.05, 0) is 31.0 Å². The highest BCUT2D eigenvalue weighted by atomic mass is 32.1. The van der Waals surface area contributed by atoms with Crippen molar-refractivity contribution in [2.24, 2.45) is 5.92 Å². The molecule has 2 rings (SSSR count). The van der Waals surface area contributed by atoms with Gasteiger partial charge >= 0.3 is 5.97 Å². The molecule has 5 heteroatoms. The average molecular weight is 315 g/mol. The molecule has 0 unspecified atom stereocenters. The molecule has 1 aromatic carbocycles. The number of aryl methyl sites for hydroxylation is 1. The predicted molar refractivity (Wildman–Crippen MR) is 87.5 cm³/mol. The van der Waals surface area contributed by atoms with Crippen molar-refractivity contribution < 1.29 is 14.6 Å². The number of carboxylic acids is 1. The van der Waals surface area contributed by atoms with E-state index in [4.69, 9.17) is 16.3 Å². The van der Waals surface area contributed by atoms with E-state index < -0.39 is 5.97 Å². The molecule has 0 radical (unpaired) electrons. The third kappa shape index (κ3) is 3.46. The summed E-state index contributed by atoms with van der Waals surface area (Å²) >= 11 is 1.14. The van der Waals surface area contributed by atoms with Crippen molar-refractivity contribution in [2.45, 2.75) is 20.8 Å². The summed E-state index contributed by atoms with van der Waals surface area (Å²) in [6.07, 6.45) is 5.55. The topological polar surface area (TPSA) is 59.4 Å². The second kappa shape index (κ2) is 6.63. The number of thiazole rings is 1. The lowest BCUT2D eigenvalue weighted by Crippen LogP contribution is -2.05. The molecule has 0 fully saturated rings. The van der Waals surface area contributed by atoms with Crippen molar-refractivity contribution in [2.75, 3.05) is 6.61 Å². The summed E-state index contributed by atoms with van der Waals surface area (Å²) in [5, 5.41) is 9.75. The smallest absolute Gasteiger partial charge is 0.347 e. The Labute approximate surface area is 133 Å². The number of terminal acetylenes is 1. The molecule has 0 atom stereocenters. The van der Waals surface area contributed by atoms with E-state index in [1.807, 2.05) is 12.1 Å². The molecule has 0 saturated heterocycles. The highest BCUT2D eigenvalue weighted by molar-refractivity contribution is 7.17. The molecule has 0 aliphatic carbocycles. The number of benzene rings is 1. The van der Waals surface area contributed by atoms with Crippen molar-refractivity contribution >= 4 is 17.3 Å². The molecular formula is C17H17NO3S. The van der Waals surface area contributed by atoms with E-state index >= 15 is 0 Å². The Morgan fingerprint density at radius 3 is 2.77 bits per heavy atom. The molecule has 0 amide bonds. The molecule has 2 aromatic rings. The Morgan fingerprint density at radius 1 is 1.50 bits per heavy atom. The van der Waals surface area contributed by atoms with Crippen LogP contribution in [0.3, 0.4) is 0 Å². The number of carboxylic acid groups (broad SMARTS) is 1. The van der Waals surface area contributed by atoms with Crippen LogP contribution >= 0.6 is 11.3 Å². The summed E-state index contributed by atoms with van der Waals surface area (Å²) in [6, 6.07) is 5.46. The zero-order valence-corrected chi connectivity index (χ0v) is 13.5. The highest BCUT2D eigenvalue weighted by Gasteiger charge is 2.16. The Balaban J connectivity index is 2.35. The highest BCUT2D eigenvalue weighted by Crippen LogP contribution is 2.31. The lowest BCUT2D eigenvalue weighted by Gasteiger charge is -2.11. The van der Waals surface area contributed by atoms with Gasteiger partial charge in [-0.2, -0.15) is 0 Å². The van der Waals surface area contributed by atoms with Crippen molar-refractivity contribution in [1.82, 2.24) is 4.98 Å². The van der Waals surface area contributed by atoms with Crippen LogP contribution in [0.1, 0.15) is 34.8 Å². The van der Waals surface area contributed by atoms with Crippen LogP contribution in [0.5, 0.6) is 5.75 Å². The first-order chi connectivity index (χ1) is 10.4. The van der Waals surface area contributed by atoms with E-state index in [2.05, 4.69) is 24.8 Å². The SMILES string of the molecule is C#Cc1cc(-c2nc(C)c(C(=O)O)s2)ccc1OCC(C)C. The van der Waals surface area contributed by atoms with Crippen LogP contribution in [0.25, 0.3) is 10.6 Å². The lowest BCUT2D eigenvalue weighted by molar-refractivity contribution is 0.0701. The minimum atomic E-state index is -0.963. The van der Waals surface area contributed by atoms with Crippen LogP contribution < -0.4 is 4.74 Å². The van der Waals surface area contributed by atoms with Crippen molar-refractivity contribution in [1.29, 1.82) is 0 Å². The molecule has 22 heavy (non-hydrogen) atoms. The summed E-state index contributed by atoms with van der Waals surface area (Å²) in [6.45, 7) is 6.41. The first-order valence-electron chi connectivity index (χ1n) is 6.87. The van der Waals surface area contributed by atoms with Gasteiger partial charge in [-0.3, -0.25) is 0 Å². The molecule has 0 aliphatic rings. The number of ether oxygens (including phenoxy) is 1. The van der Waals surface area contributed by atoms with E-state index in [0.717, 1.165) is 16.9 Å². The lowest BCUT2D eigenvalue weighted by atomic mass is 10.1. The summed E-state index contributed by atoms with van der Waals surface area (Å²) < 4.78 is 5.69. The van der Waals surface area contributed by atoms with Gasteiger partial charge in [0.1, 0.15) is 15.6 Å². The van der Waals surface area contributed by atoms with Gasteiger partial charge in [-0.15, -0.1) is 17.8 Å². The van der Waals surface area contributed by atoms with E-state index in [-0.39, 0.29) is 4.88 Å². The van der Waals surface area contributed by atoms with E-state index in [1.165, 1.54) is 0 Å². The quantitative estimate of drug-likeness (QED) is 0.852. The molecule has 1 aromatic heterocycles. The van der Waals surface area contributed by atoms with Crippen molar-refractivity contribution in [3.63, 3.8) is 0 Å². The van der Waals surface area contributed by atoms with Crippen LogP contribution in [0, 0.1) is 25.2 Å². The largest absolute Gasteiger partial charge is 0.492 e. The van der Waals surface area contributed by atoms with Gasteiger partial charge < -0.3 is 9.84 Å². The third-order valence-corrected chi connectivity index (χ3v) is 4.14. The van der Waals surface area contributed by atoms with Gasteiger partial charge in [0, 0.05) is 5.56 Å². The second-order valence-corrected chi connectivity index (χ2v) is 6.30. The van der Waals surface area contributed by atoms with Crippen LogP contribution in [0.2, 0.25) is 0 Å². The molecule has 1 N–H and O–H groups in total. The van der Waals surface area contributed by atoms with E-state index in [1.54, 1.807) is 13.0 Å². The molecule has 1 heterocycles. The Morgan fingerprint density at radius 2 is 2.23 bits per heavy atom. The summed E-state index contributed by atoms with van der Waals surface area (Å²) in [5.74, 6) is 2.71. The zero-order chi connectivity index (χ0) is 16.3. The first-order valence-corrected chi connectivity index (χ1v) is 7.68. The van der Waals surface area contributed by atoms with Crippen LogP contribution in [0.15, 0.2) is 18.2 Å². The minimum absolute atomic E-state index is 0.248. The fraction of sp³-hybridized carbons (Fsp3) is 0.294. The minimum Gasteiger partial charge on any atom is -0.492 e. The van der Waals surface area contributed by atoms with Crippen molar-refractivity contribution in [3.8, 4) is 28.7 Å². The number of hydrogen-bond donors (Lipinski definition) is 1. The van der Waals surface area contributed by atoms with Gasteiger partial charge in [-0.1, -0.05) is 19.8 Å². The van der Waals surface area contributed by atoms with Gasteiger partial charge in [0.05, 0.1) is 17.9 Å².